The van der Waals surface area contributed by atoms with Gasteiger partial charge in [-0.15, -0.1) is 0 Å². The van der Waals surface area contributed by atoms with Gasteiger partial charge in [-0.2, -0.15) is 0 Å². The van der Waals surface area contributed by atoms with Gasteiger partial charge in [-0.05, 0) is 38.0 Å². The van der Waals surface area contributed by atoms with Crippen molar-refractivity contribution in [2.24, 2.45) is 0 Å². The van der Waals surface area contributed by atoms with E-state index in [1.165, 1.54) is 0 Å². The van der Waals surface area contributed by atoms with E-state index >= 15 is 0 Å². The summed E-state index contributed by atoms with van der Waals surface area (Å²) >= 11 is 6.46. The summed E-state index contributed by atoms with van der Waals surface area (Å²) in [6, 6.07) is 9.92. The fourth-order valence-corrected chi connectivity index (χ4v) is 3.86. The topological polar surface area (TPSA) is 58.4 Å². The SMILES string of the molecule is Cc1ccoc1C(=O)NC1CCN(Cc2c(Cl)ccc3cccnc23)CC1. The molecule has 27 heavy (non-hydrogen) atoms. The van der Waals surface area contributed by atoms with E-state index in [1.807, 2.05) is 25.1 Å². The van der Waals surface area contributed by atoms with Crippen molar-refractivity contribution >= 4 is 28.4 Å². The summed E-state index contributed by atoms with van der Waals surface area (Å²) in [5.74, 6) is 0.281. The second kappa shape index (κ2) is 7.71. The van der Waals surface area contributed by atoms with E-state index in [-0.39, 0.29) is 11.9 Å². The summed E-state index contributed by atoms with van der Waals surface area (Å²) in [6.07, 6.45) is 5.16. The van der Waals surface area contributed by atoms with Crippen molar-refractivity contribution in [2.75, 3.05) is 13.1 Å². The second-order valence-corrected chi connectivity index (χ2v) is 7.46. The molecule has 1 amide bonds. The van der Waals surface area contributed by atoms with E-state index in [4.69, 9.17) is 16.0 Å². The minimum atomic E-state index is -0.128. The average molecular weight is 384 g/mol. The Morgan fingerprint density at radius 2 is 2.11 bits per heavy atom. The Bertz CT molecular complexity index is 961. The largest absolute Gasteiger partial charge is 0.459 e. The van der Waals surface area contributed by atoms with Crippen molar-refractivity contribution in [3.63, 3.8) is 0 Å². The number of aromatic nitrogens is 1. The minimum absolute atomic E-state index is 0.128. The number of pyridine rings is 1. The zero-order valence-corrected chi connectivity index (χ0v) is 16.0. The normalized spacial score (nSPS) is 15.9. The molecule has 0 atom stereocenters. The van der Waals surface area contributed by atoms with E-state index in [2.05, 4.69) is 21.3 Å². The van der Waals surface area contributed by atoms with Crippen LogP contribution < -0.4 is 5.32 Å². The van der Waals surface area contributed by atoms with Crippen LogP contribution >= 0.6 is 11.6 Å². The van der Waals surface area contributed by atoms with E-state index in [1.54, 1.807) is 18.5 Å². The van der Waals surface area contributed by atoms with Gasteiger partial charge in [0, 0.05) is 53.4 Å². The summed E-state index contributed by atoms with van der Waals surface area (Å²) < 4.78 is 5.28. The summed E-state index contributed by atoms with van der Waals surface area (Å²) in [7, 11) is 0. The number of likely N-dealkylation sites (tertiary alicyclic amines) is 1. The van der Waals surface area contributed by atoms with Crippen LogP contribution in [0.3, 0.4) is 0 Å². The molecule has 1 aromatic carbocycles. The third kappa shape index (κ3) is 3.84. The summed E-state index contributed by atoms with van der Waals surface area (Å²) in [5, 5.41) is 4.95. The molecular weight excluding hydrogens is 362 g/mol. The molecule has 4 rings (SSSR count). The average Bonchev–Trinajstić information content (AvgIpc) is 3.11. The number of fused-ring (bicyclic) bond motifs is 1. The Morgan fingerprint density at radius 3 is 2.85 bits per heavy atom. The molecule has 0 bridgehead atoms. The van der Waals surface area contributed by atoms with Gasteiger partial charge in [0.15, 0.2) is 5.76 Å². The molecular formula is C21H22ClN3O2. The van der Waals surface area contributed by atoms with Crippen molar-refractivity contribution in [2.45, 2.75) is 32.4 Å². The third-order valence-electron chi connectivity index (χ3n) is 5.20. The molecule has 2 aromatic heterocycles. The van der Waals surface area contributed by atoms with Gasteiger partial charge in [-0.1, -0.05) is 23.7 Å². The quantitative estimate of drug-likeness (QED) is 0.734. The Morgan fingerprint density at radius 1 is 1.30 bits per heavy atom. The second-order valence-electron chi connectivity index (χ2n) is 7.06. The van der Waals surface area contributed by atoms with E-state index < -0.39 is 0 Å². The maximum absolute atomic E-state index is 12.3. The number of carbonyl (C=O) groups is 1. The van der Waals surface area contributed by atoms with Crippen molar-refractivity contribution in [3.8, 4) is 0 Å². The fraction of sp³-hybridized carbons (Fsp3) is 0.333. The predicted octanol–water partition coefficient (Wildman–Crippen LogP) is 4.18. The molecule has 5 nitrogen and oxygen atoms in total. The van der Waals surface area contributed by atoms with Gasteiger partial charge in [0.1, 0.15) is 0 Å². The molecule has 1 saturated heterocycles. The number of piperidine rings is 1. The van der Waals surface area contributed by atoms with Gasteiger partial charge in [0.25, 0.3) is 5.91 Å². The maximum Gasteiger partial charge on any atom is 0.287 e. The monoisotopic (exact) mass is 383 g/mol. The first-order valence-corrected chi connectivity index (χ1v) is 9.59. The Labute approximate surface area is 163 Å². The van der Waals surface area contributed by atoms with E-state index in [0.29, 0.717) is 5.76 Å². The lowest BCUT2D eigenvalue weighted by Crippen LogP contribution is -2.44. The number of hydrogen-bond donors (Lipinski definition) is 1. The maximum atomic E-state index is 12.3. The van der Waals surface area contributed by atoms with Crippen molar-refractivity contribution in [1.29, 1.82) is 0 Å². The van der Waals surface area contributed by atoms with Crippen LogP contribution in [0.2, 0.25) is 5.02 Å². The highest BCUT2D eigenvalue weighted by Gasteiger charge is 2.23. The number of halogens is 1. The van der Waals surface area contributed by atoms with Gasteiger partial charge >= 0.3 is 0 Å². The van der Waals surface area contributed by atoms with Gasteiger partial charge in [0.2, 0.25) is 0 Å². The first kappa shape index (κ1) is 18.0. The van der Waals surface area contributed by atoms with Crippen molar-refractivity contribution < 1.29 is 9.21 Å². The first-order chi connectivity index (χ1) is 13.1. The molecule has 1 N–H and O–H groups in total. The van der Waals surface area contributed by atoms with Crippen LogP contribution in [-0.4, -0.2) is 34.9 Å². The molecule has 0 saturated carbocycles. The molecule has 3 aromatic rings. The zero-order valence-electron chi connectivity index (χ0n) is 15.2. The van der Waals surface area contributed by atoms with Crippen molar-refractivity contribution in [3.05, 3.63) is 64.7 Å². The van der Waals surface area contributed by atoms with E-state index in [9.17, 15) is 4.79 Å². The highest BCUT2D eigenvalue weighted by atomic mass is 35.5. The van der Waals surface area contributed by atoms with Crippen LogP contribution in [0.1, 0.15) is 34.5 Å². The Kier molecular flexibility index (Phi) is 5.14. The molecule has 0 spiro atoms. The minimum Gasteiger partial charge on any atom is -0.459 e. The van der Waals surface area contributed by atoms with Gasteiger partial charge in [-0.25, -0.2) is 0 Å². The zero-order chi connectivity index (χ0) is 18.8. The lowest BCUT2D eigenvalue weighted by atomic mass is 10.0. The molecule has 0 unspecified atom stereocenters. The van der Waals surface area contributed by atoms with Crippen LogP contribution in [0.5, 0.6) is 0 Å². The van der Waals surface area contributed by atoms with Gasteiger partial charge in [0.05, 0.1) is 11.8 Å². The lowest BCUT2D eigenvalue weighted by molar-refractivity contribution is 0.0880. The highest BCUT2D eigenvalue weighted by Crippen LogP contribution is 2.27. The number of nitrogens with zero attached hydrogens (tertiary/aromatic N) is 2. The van der Waals surface area contributed by atoms with E-state index in [0.717, 1.165) is 59.5 Å². The van der Waals surface area contributed by atoms with Gasteiger partial charge < -0.3 is 9.73 Å². The number of furan rings is 1. The summed E-state index contributed by atoms with van der Waals surface area (Å²) in [6.45, 7) is 4.46. The highest BCUT2D eigenvalue weighted by molar-refractivity contribution is 6.32. The van der Waals surface area contributed by atoms with Gasteiger partial charge in [-0.3, -0.25) is 14.7 Å². The van der Waals surface area contributed by atoms with Crippen LogP contribution in [-0.2, 0) is 6.54 Å². The Balaban J connectivity index is 1.38. The number of carbonyl (C=O) groups excluding carboxylic acids is 1. The molecule has 0 radical (unpaired) electrons. The summed E-state index contributed by atoms with van der Waals surface area (Å²) in [5.41, 5.74) is 2.90. The predicted molar refractivity (Wildman–Crippen MR) is 106 cm³/mol. The molecule has 0 aliphatic carbocycles. The summed E-state index contributed by atoms with van der Waals surface area (Å²) in [4.78, 5) is 19.2. The van der Waals surface area contributed by atoms with Crippen LogP contribution in [0.15, 0.2) is 47.2 Å². The molecule has 3 heterocycles. The number of amides is 1. The number of hydrogen-bond acceptors (Lipinski definition) is 4. The van der Waals surface area contributed by atoms with Crippen LogP contribution in [0, 0.1) is 6.92 Å². The van der Waals surface area contributed by atoms with Crippen molar-refractivity contribution in [1.82, 2.24) is 15.2 Å². The number of rotatable bonds is 4. The number of benzene rings is 1. The molecule has 1 fully saturated rings. The standard InChI is InChI=1S/C21H22ClN3O2/c1-14-8-12-27-20(14)21(26)24-16-6-10-25(11-7-16)13-17-18(22)5-4-15-3-2-9-23-19(15)17/h2-5,8-9,12,16H,6-7,10-11,13H2,1H3,(H,24,26). The molecule has 1 aliphatic heterocycles. The van der Waals surface area contributed by atoms with Crippen LogP contribution in [0.4, 0.5) is 0 Å². The smallest absolute Gasteiger partial charge is 0.287 e. The third-order valence-corrected chi connectivity index (χ3v) is 5.55. The lowest BCUT2D eigenvalue weighted by Gasteiger charge is -2.32. The number of nitrogens with one attached hydrogen (secondary N) is 1. The molecule has 6 heteroatoms. The molecule has 140 valence electrons. The first-order valence-electron chi connectivity index (χ1n) is 9.21. The molecule has 1 aliphatic rings. The fourth-order valence-electron chi connectivity index (χ4n) is 3.65. The van der Waals surface area contributed by atoms with Crippen LogP contribution in [0.25, 0.3) is 10.9 Å². The Hall–Kier alpha value is -2.37. The number of aryl methyl sites for hydroxylation is 1.